The van der Waals surface area contributed by atoms with Crippen LogP contribution in [0.25, 0.3) is 0 Å². The van der Waals surface area contributed by atoms with Crippen molar-refractivity contribution in [1.29, 1.82) is 0 Å². The van der Waals surface area contributed by atoms with E-state index in [1.807, 2.05) is 12.1 Å². The van der Waals surface area contributed by atoms with E-state index in [0.29, 0.717) is 11.4 Å². The van der Waals surface area contributed by atoms with E-state index in [2.05, 4.69) is 4.72 Å². The SMILES string of the molecule is NCCc1ccc(S(=O)(=O)NC2CCCCCC2)cc1. The Morgan fingerprint density at radius 1 is 1.05 bits per heavy atom. The number of rotatable bonds is 5. The predicted octanol–water partition coefficient (Wildman–Crippen LogP) is 2.19. The lowest BCUT2D eigenvalue weighted by Gasteiger charge is -2.16. The van der Waals surface area contributed by atoms with E-state index in [1.165, 1.54) is 12.8 Å². The fraction of sp³-hybridized carbons (Fsp3) is 0.600. The Bertz CT molecular complexity index is 503. The van der Waals surface area contributed by atoms with Gasteiger partial charge in [0.1, 0.15) is 0 Å². The van der Waals surface area contributed by atoms with Gasteiger partial charge in [-0.05, 0) is 43.5 Å². The van der Waals surface area contributed by atoms with E-state index < -0.39 is 10.0 Å². The van der Waals surface area contributed by atoms with Crippen molar-refractivity contribution < 1.29 is 8.42 Å². The van der Waals surface area contributed by atoms with Gasteiger partial charge in [0.2, 0.25) is 10.0 Å². The van der Waals surface area contributed by atoms with Gasteiger partial charge < -0.3 is 5.73 Å². The second kappa shape index (κ2) is 7.20. The lowest BCUT2D eigenvalue weighted by atomic mass is 10.1. The summed E-state index contributed by atoms with van der Waals surface area (Å²) < 4.78 is 27.5. The van der Waals surface area contributed by atoms with Crippen LogP contribution in [0.4, 0.5) is 0 Å². The molecule has 0 bridgehead atoms. The molecule has 0 aliphatic heterocycles. The van der Waals surface area contributed by atoms with Crippen molar-refractivity contribution in [1.82, 2.24) is 4.72 Å². The minimum absolute atomic E-state index is 0.0891. The predicted molar refractivity (Wildman–Crippen MR) is 81.0 cm³/mol. The summed E-state index contributed by atoms with van der Waals surface area (Å²) in [5, 5.41) is 0. The van der Waals surface area contributed by atoms with Crippen LogP contribution < -0.4 is 10.5 Å². The molecular formula is C15H24N2O2S. The van der Waals surface area contributed by atoms with Crippen LogP contribution in [-0.2, 0) is 16.4 Å². The quantitative estimate of drug-likeness (QED) is 0.818. The molecule has 0 amide bonds. The van der Waals surface area contributed by atoms with Gasteiger partial charge in [0.25, 0.3) is 0 Å². The summed E-state index contributed by atoms with van der Waals surface area (Å²) in [7, 11) is -3.39. The first-order chi connectivity index (χ1) is 9.62. The van der Waals surface area contributed by atoms with E-state index in [1.54, 1.807) is 12.1 Å². The number of hydrogen-bond acceptors (Lipinski definition) is 3. The fourth-order valence-electron chi connectivity index (χ4n) is 2.69. The standard InChI is InChI=1S/C15H24N2O2S/c16-12-11-13-7-9-15(10-8-13)20(18,19)17-14-5-3-1-2-4-6-14/h7-10,14,17H,1-6,11-12,16H2. The van der Waals surface area contributed by atoms with Gasteiger partial charge in [-0.2, -0.15) is 0 Å². The number of nitrogens with one attached hydrogen (secondary N) is 1. The minimum Gasteiger partial charge on any atom is -0.330 e. The zero-order chi connectivity index (χ0) is 14.4. The molecule has 1 saturated carbocycles. The van der Waals surface area contributed by atoms with Crippen molar-refractivity contribution in [2.24, 2.45) is 5.73 Å². The Labute approximate surface area is 121 Å². The Morgan fingerprint density at radius 2 is 1.65 bits per heavy atom. The first-order valence-corrected chi connectivity index (χ1v) is 8.91. The van der Waals surface area contributed by atoms with Gasteiger partial charge in [-0.3, -0.25) is 0 Å². The molecule has 4 nitrogen and oxygen atoms in total. The molecule has 3 N–H and O–H groups in total. The molecule has 0 heterocycles. The van der Waals surface area contributed by atoms with Crippen LogP contribution in [-0.4, -0.2) is 21.0 Å². The Hall–Kier alpha value is -0.910. The Kier molecular flexibility index (Phi) is 5.57. The normalized spacial score (nSPS) is 17.9. The van der Waals surface area contributed by atoms with E-state index >= 15 is 0 Å². The average Bonchev–Trinajstić information content (AvgIpc) is 2.68. The summed E-state index contributed by atoms with van der Waals surface area (Å²) in [5.41, 5.74) is 6.56. The van der Waals surface area contributed by atoms with E-state index in [-0.39, 0.29) is 6.04 Å². The lowest BCUT2D eigenvalue weighted by molar-refractivity contribution is 0.510. The van der Waals surface area contributed by atoms with Gasteiger partial charge >= 0.3 is 0 Å². The number of sulfonamides is 1. The minimum atomic E-state index is -3.39. The zero-order valence-corrected chi connectivity index (χ0v) is 12.7. The molecule has 1 aliphatic rings. The molecular weight excluding hydrogens is 272 g/mol. The summed E-state index contributed by atoms with van der Waals surface area (Å²) in [6.45, 7) is 0.576. The van der Waals surface area contributed by atoms with Crippen molar-refractivity contribution in [3.8, 4) is 0 Å². The van der Waals surface area contributed by atoms with Gasteiger partial charge in [0.05, 0.1) is 4.90 Å². The number of nitrogens with two attached hydrogens (primary N) is 1. The third-order valence-electron chi connectivity index (χ3n) is 3.84. The molecule has 0 saturated heterocycles. The monoisotopic (exact) mass is 296 g/mol. The Balaban J connectivity index is 2.05. The molecule has 1 fully saturated rings. The topological polar surface area (TPSA) is 72.2 Å². The number of hydrogen-bond donors (Lipinski definition) is 2. The van der Waals surface area contributed by atoms with Gasteiger partial charge in [0.15, 0.2) is 0 Å². The van der Waals surface area contributed by atoms with Crippen molar-refractivity contribution >= 4 is 10.0 Å². The molecule has 1 aromatic rings. The average molecular weight is 296 g/mol. The molecule has 2 rings (SSSR count). The van der Waals surface area contributed by atoms with Gasteiger partial charge in [-0.1, -0.05) is 37.8 Å². The lowest BCUT2D eigenvalue weighted by Crippen LogP contribution is -2.34. The highest BCUT2D eigenvalue weighted by Crippen LogP contribution is 2.19. The van der Waals surface area contributed by atoms with Gasteiger partial charge in [-0.15, -0.1) is 0 Å². The van der Waals surface area contributed by atoms with E-state index in [0.717, 1.165) is 37.7 Å². The summed E-state index contributed by atoms with van der Waals surface area (Å²) in [6.07, 6.45) is 7.33. The van der Waals surface area contributed by atoms with Crippen molar-refractivity contribution in [3.05, 3.63) is 29.8 Å². The summed E-state index contributed by atoms with van der Waals surface area (Å²) >= 11 is 0. The van der Waals surface area contributed by atoms with Crippen molar-refractivity contribution in [3.63, 3.8) is 0 Å². The third kappa shape index (κ3) is 4.30. The number of benzene rings is 1. The highest BCUT2D eigenvalue weighted by molar-refractivity contribution is 7.89. The second-order valence-corrected chi connectivity index (χ2v) is 7.21. The molecule has 20 heavy (non-hydrogen) atoms. The van der Waals surface area contributed by atoms with Crippen molar-refractivity contribution in [2.45, 2.75) is 55.9 Å². The fourth-order valence-corrected chi connectivity index (χ4v) is 3.99. The van der Waals surface area contributed by atoms with Gasteiger partial charge in [-0.25, -0.2) is 13.1 Å². The first kappa shape index (κ1) is 15.5. The zero-order valence-electron chi connectivity index (χ0n) is 11.8. The molecule has 0 unspecified atom stereocenters. The van der Waals surface area contributed by atoms with Gasteiger partial charge in [0, 0.05) is 6.04 Å². The largest absolute Gasteiger partial charge is 0.330 e. The maximum absolute atomic E-state index is 12.3. The second-order valence-electron chi connectivity index (χ2n) is 5.49. The van der Waals surface area contributed by atoms with Crippen LogP contribution in [0.3, 0.4) is 0 Å². The maximum atomic E-state index is 12.3. The molecule has 1 aromatic carbocycles. The van der Waals surface area contributed by atoms with Crippen LogP contribution >= 0.6 is 0 Å². The summed E-state index contributed by atoms with van der Waals surface area (Å²) in [6, 6.07) is 7.11. The van der Waals surface area contributed by atoms with Crippen LogP contribution in [0.5, 0.6) is 0 Å². The molecule has 0 atom stereocenters. The molecule has 0 aromatic heterocycles. The van der Waals surface area contributed by atoms with Crippen LogP contribution in [0.15, 0.2) is 29.2 Å². The third-order valence-corrected chi connectivity index (χ3v) is 5.38. The highest BCUT2D eigenvalue weighted by atomic mass is 32.2. The molecule has 0 spiro atoms. The molecule has 112 valence electrons. The van der Waals surface area contributed by atoms with E-state index in [9.17, 15) is 8.42 Å². The maximum Gasteiger partial charge on any atom is 0.240 e. The first-order valence-electron chi connectivity index (χ1n) is 7.43. The van der Waals surface area contributed by atoms with Crippen LogP contribution in [0.1, 0.15) is 44.1 Å². The van der Waals surface area contributed by atoms with Crippen LogP contribution in [0.2, 0.25) is 0 Å². The Morgan fingerprint density at radius 3 is 2.20 bits per heavy atom. The van der Waals surface area contributed by atoms with Crippen LogP contribution in [0, 0.1) is 0 Å². The summed E-state index contributed by atoms with van der Waals surface area (Å²) in [4.78, 5) is 0.350. The summed E-state index contributed by atoms with van der Waals surface area (Å²) in [5.74, 6) is 0. The highest BCUT2D eigenvalue weighted by Gasteiger charge is 2.20. The van der Waals surface area contributed by atoms with E-state index in [4.69, 9.17) is 5.73 Å². The molecule has 1 aliphatic carbocycles. The smallest absolute Gasteiger partial charge is 0.240 e. The van der Waals surface area contributed by atoms with Crippen molar-refractivity contribution in [2.75, 3.05) is 6.54 Å². The molecule has 5 heteroatoms. The molecule has 0 radical (unpaired) electrons.